The van der Waals surface area contributed by atoms with Gasteiger partial charge in [0.25, 0.3) is 0 Å². The molecule has 94 valence electrons. The molecule has 1 aromatic heterocycles. The van der Waals surface area contributed by atoms with Crippen LogP contribution in [-0.2, 0) is 7.05 Å². The minimum Gasteiger partial charge on any atom is -0.319 e. The van der Waals surface area contributed by atoms with Crippen molar-refractivity contribution >= 4 is 11.9 Å². The molecule has 1 aliphatic rings. The number of hydrogen-bond donors (Lipinski definition) is 2. The number of aryl methyl sites for hydroxylation is 1. The summed E-state index contributed by atoms with van der Waals surface area (Å²) < 4.78 is 63.8. The number of nitrogens with zero attached hydrogens (tertiary/aromatic N) is 2. The summed E-state index contributed by atoms with van der Waals surface area (Å²) in [4.78, 5) is 3.69. The van der Waals surface area contributed by atoms with Crippen molar-refractivity contribution in [2.75, 3.05) is 5.43 Å². The van der Waals surface area contributed by atoms with Crippen LogP contribution in [0.5, 0.6) is 0 Å². The fraction of sp³-hybridized carbons (Fsp3) is 0.375. The van der Waals surface area contributed by atoms with Crippen molar-refractivity contribution < 1.29 is 22.0 Å². The Hall–Kier alpha value is -1.80. The van der Waals surface area contributed by atoms with Crippen LogP contribution in [0.15, 0.2) is 12.0 Å². The highest BCUT2D eigenvalue weighted by Crippen LogP contribution is 2.41. The van der Waals surface area contributed by atoms with Crippen LogP contribution < -0.4 is 10.9 Å². The van der Waals surface area contributed by atoms with Crippen LogP contribution in [0.2, 0.25) is 0 Å². The molecule has 0 atom stereocenters. The topological polar surface area (TPSA) is 41.9 Å². The lowest BCUT2D eigenvalue weighted by Crippen LogP contribution is -2.45. The highest BCUT2D eigenvalue weighted by Gasteiger charge is 2.60. The molecule has 1 aromatic rings. The molecule has 0 aliphatic carbocycles. The predicted molar refractivity (Wildman–Crippen MR) is 48.9 cm³/mol. The molecule has 9 heteroatoms. The number of nitrogens with one attached hydrogen (secondary N) is 2. The number of imidazole rings is 1. The second-order valence-electron chi connectivity index (χ2n) is 3.47. The van der Waals surface area contributed by atoms with Gasteiger partial charge in [-0.25, -0.2) is 4.98 Å². The summed E-state index contributed by atoms with van der Waals surface area (Å²) in [5, 5.41) is 0. The first-order valence-electron chi connectivity index (χ1n) is 4.43. The molecule has 2 rings (SSSR count). The molecule has 0 aromatic carbocycles. The minimum atomic E-state index is -5.65. The highest BCUT2D eigenvalue weighted by molar-refractivity contribution is 5.66. The summed E-state index contributed by atoms with van der Waals surface area (Å²) in [7, 11) is 1.57. The van der Waals surface area contributed by atoms with Crippen LogP contribution in [0.3, 0.4) is 0 Å². The van der Waals surface area contributed by atoms with E-state index in [0.717, 1.165) is 0 Å². The first-order chi connectivity index (χ1) is 7.73. The highest BCUT2D eigenvalue weighted by atomic mass is 19.4. The van der Waals surface area contributed by atoms with Crippen molar-refractivity contribution in [1.29, 1.82) is 0 Å². The van der Waals surface area contributed by atoms with Crippen molar-refractivity contribution in [3.8, 4) is 0 Å². The van der Waals surface area contributed by atoms with Crippen LogP contribution in [0, 0.1) is 0 Å². The zero-order valence-corrected chi connectivity index (χ0v) is 8.44. The molecule has 0 saturated heterocycles. The first-order valence-corrected chi connectivity index (χ1v) is 4.43. The third-order valence-electron chi connectivity index (χ3n) is 2.26. The lowest BCUT2D eigenvalue weighted by atomic mass is 10.2. The van der Waals surface area contributed by atoms with Crippen molar-refractivity contribution in [3.05, 3.63) is 17.7 Å². The molecule has 0 amide bonds. The van der Waals surface area contributed by atoms with Crippen LogP contribution in [0.25, 0.3) is 6.08 Å². The third-order valence-corrected chi connectivity index (χ3v) is 2.26. The maximum absolute atomic E-state index is 13.0. The Morgan fingerprint density at radius 3 is 2.41 bits per heavy atom. The molecule has 0 fully saturated rings. The molecule has 0 bridgehead atoms. The van der Waals surface area contributed by atoms with Crippen LogP contribution in [-0.4, -0.2) is 21.6 Å². The second kappa shape index (κ2) is 3.34. The van der Waals surface area contributed by atoms with Gasteiger partial charge in [-0.2, -0.15) is 22.0 Å². The maximum Gasteiger partial charge on any atom is 0.459 e. The van der Waals surface area contributed by atoms with E-state index in [1.807, 2.05) is 5.43 Å². The molecule has 1 aliphatic heterocycles. The second-order valence-corrected chi connectivity index (χ2v) is 3.47. The number of anilines is 1. The average Bonchev–Trinajstić information content (AvgIpc) is 2.58. The van der Waals surface area contributed by atoms with E-state index >= 15 is 0 Å². The molecule has 0 radical (unpaired) electrons. The van der Waals surface area contributed by atoms with E-state index in [4.69, 9.17) is 0 Å². The first kappa shape index (κ1) is 11.7. The Labute approximate surface area is 92.1 Å². The quantitative estimate of drug-likeness (QED) is 0.752. The van der Waals surface area contributed by atoms with Gasteiger partial charge >= 0.3 is 12.1 Å². The summed E-state index contributed by atoms with van der Waals surface area (Å²) in [5.41, 5.74) is 2.81. The van der Waals surface area contributed by atoms with Gasteiger partial charge in [0.1, 0.15) is 11.4 Å². The van der Waals surface area contributed by atoms with Crippen molar-refractivity contribution in [1.82, 2.24) is 15.0 Å². The number of alkyl halides is 5. The predicted octanol–water partition coefficient (Wildman–Crippen LogP) is 1.89. The smallest absolute Gasteiger partial charge is 0.319 e. The zero-order chi connectivity index (χ0) is 12.8. The SMILES string of the molecule is Cn1cnc2c1NNC(C(F)(F)C(F)(F)F)=C2. The summed E-state index contributed by atoms with van der Waals surface area (Å²) >= 11 is 0. The molecule has 0 saturated carbocycles. The van der Waals surface area contributed by atoms with E-state index in [2.05, 4.69) is 10.4 Å². The van der Waals surface area contributed by atoms with Crippen LogP contribution >= 0.6 is 0 Å². The van der Waals surface area contributed by atoms with Gasteiger partial charge in [-0.1, -0.05) is 0 Å². The van der Waals surface area contributed by atoms with Gasteiger partial charge in [0, 0.05) is 7.05 Å². The lowest BCUT2D eigenvalue weighted by molar-refractivity contribution is -0.265. The number of fused-ring (bicyclic) bond motifs is 1. The standard InChI is InChI=1S/C8H7F5N4/c1-17-3-14-4-2-5(15-16-6(4)17)7(9,10)8(11,12)13/h2-3,15-16H,1H3. The summed E-state index contributed by atoms with van der Waals surface area (Å²) in [6.07, 6.45) is -3.69. The molecule has 0 spiro atoms. The van der Waals surface area contributed by atoms with Gasteiger partial charge in [-0.3, -0.25) is 10.9 Å². The molecule has 17 heavy (non-hydrogen) atoms. The van der Waals surface area contributed by atoms with Gasteiger partial charge in [0.2, 0.25) is 0 Å². The Balaban J connectivity index is 2.41. The van der Waals surface area contributed by atoms with Gasteiger partial charge in [0.15, 0.2) is 5.82 Å². The average molecular weight is 254 g/mol. The Morgan fingerprint density at radius 1 is 1.18 bits per heavy atom. The lowest BCUT2D eigenvalue weighted by Gasteiger charge is -2.26. The van der Waals surface area contributed by atoms with Gasteiger partial charge in [0.05, 0.1) is 6.33 Å². The normalized spacial score (nSPS) is 15.8. The largest absolute Gasteiger partial charge is 0.459 e. The van der Waals surface area contributed by atoms with E-state index in [-0.39, 0.29) is 5.69 Å². The zero-order valence-electron chi connectivity index (χ0n) is 8.44. The third kappa shape index (κ3) is 1.71. The van der Waals surface area contributed by atoms with E-state index < -0.39 is 17.8 Å². The molecule has 2 N–H and O–H groups in total. The van der Waals surface area contributed by atoms with E-state index in [0.29, 0.717) is 11.9 Å². The van der Waals surface area contributed by atoms with E-state index in [1.165, 1.54) is 10.9 Å². The monoisotopic (exact) mass is 254 g/mol. The summed E-state index contributed by atoms with van der Waals surface area (Å²) in [6, 6.07) is 0. The van der Waals surface area contributed by atoms with Crippen LogP contribution in [0.1, 0.15) is 5.69 Å². The number of hydrogen-bond acceptors (Lipinski definition) is 3. The summed E-state index contributed by atoms with van der Waals surface area (Å²) in [6.45, 7) is 0. The maximum atomic E-state index is 13.0. The number of hydrazine groups is 1. The Kier molecular flexibility index (Phi) is 2.30. The number of aromatic nitrogens is 2. The van der Waals surface area contributed by atoms with Crippen molar-refractivity contribution in [3.63, 3.8) is 0 Å². The fourth-order valence-corrected chi connectivity index (χ4v) is 1.33. The van der Waals surface area contributed by atoms with Gasteiger partial charge in [-0.05, 0) is 6.08 Å². The minimum absolute atomic E-state index is 0.0187. The molecular weight excluding hydrogens is 247 g/mol. The Bertz CT molecular complexity index is 473. The van der Waals surface area contributed by atoms with Crippen LogP contribution in [0.4, 0.5) is 27.8 Å². The van der Waals surface area contributed by atoms with Gasteiger partial charge in [-0.15, -0.1) is 0 Å². The number of rotatable bonds is 1. The molecule has 2 heterocycles. The van der Waals surface area contributed by atoms with Crippen molar-refractivity contribution in [2.24, 2.45) is 7.05 Å². The molecule has 0 unspecified atom stereocenters. The Morgan fingerprint density at radius 2 is 1.82 bits per heavy atom. The number of allylic oxidation sites excluding steroid dienone is 1. The fourth-order valence-electron chi connectivity index (χ4n) is 1.33. The molecular formula is C8H7F5N4. The number of halogens is 5. The van der Waals surface area contributed by atoms with Gasteiger partial charge < -0.3 is 4.57 Å². The van der Waals surface area contributed by atoms with E-state index in [9.17, 15) is 22.0 Å². The van der Waals surface area contributed by atoms with Crippen molar-refractivity contribution in [2.45, 2.75) is 12.1 Å². The molecule has 4 nitrogen and oxygen atoms in total. The summed E-state index contributed by atoms with van der Waals surface area (Å²) in [5.74, 6) is -4.64. The van der Waals surface area contributed by atoms with E-state index in [1.54, 1.807) is 7.05 Å².